The zero-order valence-corrected chi connectivity index (χ0v) is 18.2. The van der Waals surface area contributed by atoms with Crippen LogP contribution in [0.1, 0.15) is 142 Å². The first-order valence-corrected chi connectivity index (χ1v) is 12.1. The van der Waals surface area contributed by atoms with Gasteiger partial charge < -0.3 is 10.3 Å². The summed E-state index contributed by atoms with van der Waals surface area (Å²) in [5.74, 6) is 0. The minimum absolute atomic E-state index is 0.00517. The van der Waals surface area contributed by atoms with Crippen LogP contribution in [0, 0.1) is 5.21 Å². The van der Waals surface area contributed by atoms with Crippen LogP contribution >= 0.6 is 0 Å². The first-order chi connectivity index (χ1) is 12.7. The molecule has 0 unspecified atom stereocenters. The van der Waals surface area contributed by atoms with E-state index < -0.39 is 0 Å². The van der Waals surface area contributed by atoms with Crippen LogP contribution in [0.25, 0.3) is 0 Å². The molecule has 1 rings (SSSR count). The molecule has 1 saturated carbocycles. The summed E-state index contributed by atoms with van der Waals surface area (Å²) in [5.41, 5.74) is -0.00517. The Bertz CT molecular complexity index is 297. The van der Waals surface area contributed by atoms with Gasteiger partial charge in [0, 0.05) is 5.54 Å². The van der Waals surface area contributed by atoms with Gasteiger partial charge in [-0.1, -0.05) is 122 Å². The standard InChI is InChI=1S/C24H48NO/c1-3-4-5-6-7-8-9-10-11-12-13-14-15-16-18-21-24(25(2)26)22-19-17-20-23-24/h3-23H2,1-2H3/q-1. The first-order valence-electron chi connectivity index (χ1n) is 12.1. The Morgan fingerprint density at radius 3 is 1.38 bits per heavy atom. The van der Waals surface area contributed by atoms with E-state index in [2.05, 4.69) is 6.92 Å². The molecular formula is C24H48NO-. The van der Waals surface area contributed by atoms with Crippen LogP contribution in [-0.4, -0.2) is 17.6 Å². The Morgan fingerprint density at radius 2 is 1.00 bits per heavy atom. The number of hydrogen-bond donors (Lipinski definition) is 0. The largest absolute Gasteiger partial charge is 0.785 e. The van der Waals surface area contributed by atoms with Gasteiger partial charge in [-0.15, -0.1) is 0 Å². The number of hydrogen-bond acceptors (Lipinski definition) is 2. The van der Waals surface area contributed by atoms with E-state index >= 15 is 0 Å². The van der Waals surface area contributed by atoms with Crippen molar-refractivity contribution in [1.82, 2.24) is 5.06 Å². The monoisotopic (exact) mass is 366 g/mol. The van der Waals surface area contributed by atoms with Crippen molar-refractivity contribution in [3.63, 3.8) is 0 Å². The maximum Gasteiger partial charge on any atom is 0.00884 e. The molecule has 26 heavy (non-hydrogen) atoms. The molecular weight excluding hydrogens is 318 g/mol. The number of nitrogens with zero attached hydrogens (tertiary/aromatic N) is 1. The minimum atomic E-state index is -0.00517. The lowest BCUT2D eigenvalue weighted by Crippen LogP contribution is -2.44. The van der Waals surface area contributed by atoms with Crippen molar-refractivity contribution in [2.45, 2.75) is 147 Å². The van der Waals surface area contributed by atoms with Crippen molar-refractivity contribution in [1.29, 1.82) is 0 Å². The average molecular weight is 367 g/mol. The van der Waals surface area contributed by atoms with Crippen molar-refractivity contribution in [3.05, 3.63) is 5.21 Å². The number of hydroxylamine groups is 2. The lowest BCUT2D eigenvalue weighted by Gasteiger charge is -2.49. The highest BCUT2D eigenvalue weighted by molar-refractivity contribution is 4.91. The molecule has 0 atom stereocenters. The molecule has 0 bridgehead atoms. The first kappa shape index (κ1) is 24.0. The quantitative estimate of drug-likeness (QED) is 0.191. The van der Waals surface area contributed by atoms with E-state index in [1.165, 1.54) is 121 Å². The molecule has 0 aromatic carbocycles. The second-order valence-corrected chi connectivity index (χ2v) is 8.98. The number of unbranched alkanes of at least 4 members (excludes halogenated alkanes) is 14. The molecule has 1 aliphatic rings. The molecule has 0 spiro atoms. The van der Waals surface area contributed by atoms with Crippen LogP contribution in [0.15, 0.2) is 0 Å². The van der Waals surface area contributed by atoms with Gasteiger partial charge >= 0.3 is 0 Å². The lowest BCUT2D eigenvalue weighted by molar-refractivity contribution is 0.106. The van der Waals surface area contributed by atoms with E-state index in [-0.39, 0.29) is 5.54 Å². The number of rotatable bonds is 17. The van der Waals surface area contributed by atoms with Gasteiger partial charge in [0.2, 0.25) is 0 Å². The zero-order valence-electron chi connectivity index (χ0n) is 18.2. The topological polar surface area (TPSA) is 26.3 Å². The van der Waals surface area contributed by atoms with Crippen LogP contribution in [0.3, 0.4) is 0 Å². The third-order valence-electron chi connectivity index (χ3n) is 6.70. The smallest absolute Gasteiger partial charge is 0.00884 e. The maximum absolute atomic E-state index is 12.0. The van der Waals surface area contributed by atoms with Crippen molar-refractivity contribution >= 4 is 0 Å². The Labute approximate surface area is 165 Å². The van der Waals surface area contributed by atoms with Gasteiger partial charge in [-0.3, -0.25) is 0 Å². The molecule has 0 N–H and O–H groups in total. The van der Waals surface area contributed by atoms with Crippen LogP contribution in [0.5, 0.6) is 0 Å². The van der Waals surface area contributed by atoms with Crippen molar-refractivity contribution in [2.24, 2.45) is 0 Å². The van der Waals surface area contributed by atoms with E-state index in [1.807, 2.05) is 0 Å². The van der Waals surface area contributed by atoms with Gasteiger partial charge in [0.25, 0.3) is 0 Å². The predicted octanol–water partition coefficient (Wildman–Crippen LogP) is 8.38. The molecule has 0 heterocycles. The molecule has 1 aliphatic carbocycles. The van der Waals surface area contributed by atoms with Gasteiger partial charge in [0.1, 0.15) is 0 Å². The molecule has 0 amide bonds. The average Bonchev–Trinajstić information content (AvgIpc) is 2.65. The fraction of sp³-hybridized carbons (Fsp3) is 1.00. The van der Waals surface area contributed by atoms with Crippen molar-refractivity contribution in [3.8, 4) is 0 Å². The van der Waals surface area contributed by atoms with Crippen LogP contribution < -0.4 is 0 Å². The lowest BCUT2D eigenvalue weighted by atomic mass is 9.78. The molecule has 2 heteroatoms. The summed E-state index contributed by atoms with van der Waals surface area (Å²) in [6.45, 7) is 2.29. The SMILES string of the molecule is CCCCCCCCCCCCCCCCCC1(N(C)[O-])CCCCC1. The molecule has 0 aliphatic heterocycles. The molecule has 2 nitrogen and oxygen atoms in total. The summed E-state index contributed by atoms with van der Waals surface area (Å²) < 4.78 is 0. The van der Waals surface area contributed by atoms with Gasteiger partial charge in [0.15, 0.2) is 0 Å². The molecule has 0 aromatic heterocycles. The highest BCUT2D eigenvalue weighted by Crippen LogP contribution is 2.36. The predicted molar refractivity (Wildman–Crippen MR) is 116 cm³/mol. The van der Waals surface area contributed by atoms with Gasteiger partial charge in [0.05, 0.1) is 0 Å². The van der Waals surface area contributed by atoms with E-state index in [1.54, 1.807) is 7.05 Å². The molecule has 0 radical (unpaired) electrons. The Morgan fingerprint density at radius 1 is 0.615 bits per heavy atom. The highest BCUT2D eigenvalue weighted by atomic mass is 16.5. The summed E-state index contributed by atoms with van der Waals surface area (Å²) in [5, 5.41) is 13.3. The summed E-state index contributed by atoms with van der Waals surface area (Å²) in [6.07, 6.45) is 28.4. The van der Waals surface area contributed by atoms with Gasteiger partial charge in [-0.2, -0.15) is 0 Å². The fourth-order valence-electron chi connectivity index (χ4n) is 4.76. The fourth-order valence-corrected chi connectivity index (χ4v) is 4.76. The molecule has 0 aromatic rings. The van der Waals surface area contributed by atoms with Crippen LogP contribution in [0.4, 0.5) is 0 Å². The van der Waals surface area contributed by atoms with E-state index in [4.69, 9.17) is 0 Å². The molecule has 1 fully saturated rings. The Hall–Kier alpha value is -0.0800. The van der Waals surface area contributed by atoms with Gasteiger partial charge in [-0.05, 0) is 26.3 Å². The van der Waals surface area contributed by atoms with E-state index in [0.29, 0.717) is 0 Å². The zero-order chi connectivity index (χ0) is 18.9. The highest BCUT2D eigenvalue weighted by Gasteiger charge is 2.30. The summed E-state index contributed by atoms with van der Waals surface area (Å²) in [4.78, 5) is 0. The summed E-state index contributed by atoms with van der Waals surface area (Å²) in [6, 6.07) is 0. The second-order valence-electron chi connectivity index (χ2n) is 8.98. The molecule has 0 saturated heterocycles. The van der Waals surface area contributed by atoms with Crippen LogP contribution in [0.2, 0.25) is 0 Å². The van der Waals surface area contributed by atoms with E-state index in [0.717, 1.165) is 19.3 Å². The summed E-state index contributed by atoms with van der Waals surface area (Å²) in [7, 11) is 1.76. The third kappa shape index (κ3) is 10.9. The Kier molecular flexibility index (Phi) is 14.7. The van der Waals surface area contributed by atoms with Crippen LogP contribution in [-0.2, 0) is 0 Å². The van der Waals surface area contributed by atoms with Gasteiger partial charge in [-0.25, -0.2) is 0 Å². The normalized spacial score (nSPS) is 17.1. The maximum atomic E-state index is 12.0. The van der Waals surface area contributed by atoms with E-state index in [9.17, 15) is 5.21 Å². The third-order valence-corrected chi connectivity index (χ3v) is 6.70. The Balaban J connectivity index is 1.84. The second kappa shape index (κ2) is 15.9. The molecule has 156 valence electrons. The van der Waals surface area contributed by atoms with Crippen molar-refractivity contribution < 1.29 is 0 Å². The minimum Gasteiger partial charge on any atom is -0.785 e. The summed E-state index contributed by atoms with van der Waals surface area (Å²) >= 11 is 0. The van der Waals surface area contributed by atoms with Crippen molar-refractivity contribution in [2.75, 3.05) is 7.05 Å².